The molecule has 0 aromatic carbocycles. The highest BCUT2D eigenvalue weighted by molar-refractivity contribution is 5.97. The summed E-state index contributed by atoms with van der Waals surface area (Å²) in [6, 6.07) is 1.77. The predicted molar refractivity (Wildman–Crippen MR) is 63.8 cm³/mol. The van der Waals surface area contributed by atoms with Crippen molar-refractivity contribution in [3.05, 3.63) is 24.0 Å². The normalized spacial score (nSPS) is 12.2. The van der Waals surface area contributed by atoms with Crippen LogP contribution in [0.4, 0.5) is 0 Å². The van der Waals surface area contributed by atoms with E-state index in [0.717, 1.165) is 12.8 Å². The highest BCUT2D eigenvalue weighted by Gasteiger charge is 2.15. The number of ketones is 1. The number of pyridine rings is 1. The average molecular weight is 221 g/mol. The van der Waals surface area contributed by atoms with E-state index < -0.39 is 0 Å². The first-order valence-corrected chi connectivity index (χ1v) is 5.81. The fourth-order valence-electron chi connectivity index (χ4n) is 1.65. The van der Waals surface area contributed by atoms with Crippen LogP contribution in [0, 0.1) is 5.92 Å². The van der Waals surface area contributed by atoms with Crippen molar-refractivity contribution in [1.82, 2.24) is 4.98 Å². The zero-order valence-corrected chi connectivity index (χ0v) is 10.2. The molecule has 1 unspecified atom stereocenters. The number of carbonyl (C=O) groups is 1. The zero-order chi connectivity index (χ0) is 12.0. The summed E-state index contributed by atoms with van der Waals surface area (Å²) in [7, 11) is 0. The Morgan fingerprint density at radius 2 is 2.19 bits per heavy atom. The molecule has 0 amide bonds. The van der Waals surface area contributed by atoms with E-state index in [1.165, 1.54) is 0 Å². The van der Waals surface area contributed by atoms with Gasteiger partial charge in [-0.1, -0.05) is 20.3 Å². The van der Waals surface area contributed by atoms with Gasteiger partial charge in [-0.05, 0) is 19.4 Å². The van der Waals surface area contributed by atoms with Crippen LogP contribution in [0.5, 0.6) is 5.75 Å². The first-order valence-electron chi connectivity index (χ1n) is 5.81. The van der Waals surface area contributed by atoms with Gasteiger partial charge >= 0.3 is 0 Å². The van der Waals surface area contributed by atoms with E-state index in [2.05, 4.69) is 11.9 Å². The van der Waals surface area contributed by atoms with Crippen LogP contribution < -0.4 is 4.74 Å². The molecule has 0 aliphatic heterocycles. The molecule has 0 bridgehead atoms. The number of rotatable bonds is 6. The highest BCUT2D eigenvalue weighted by Crippen LogP contribution is 2.17. The summed E-state index contributed by atoms with van der Waals surface area (Å²) in [6.07, 6.45) is 5.17. The van der Waals surface area contributed by atoms with E-state index in [1.807, 2.05) is 13.8 Å². The third-order valence-corrected chi connectivity index (χ3v) is 2.48. The Morgan fingerprint density at radius 3 is 2.81 bits per heavy atom. The van der Waals surface area contributed by atoms with Gasteiger partial charge in [-0.2, -0.15) is 0 Å². The van der Waals surface area contributed by atoms with E-state index in [9.17, 15) is 4.79 Å². The van der Waals surface area contributed by atoms with Gasteiger partial charge in [-0.25, -0.2) is 0 Å². The molecule has 0 N–H and O–H groups in total. The van der Waals surface area contributed by atoms with Crippen molar-refractivity contribution in [1.29, 1.82) is 0 Å². The molecule has 3 nitrogen and oxygen atoms in total. The van der Waals surface area contributed by atoms with Crippen molar-refractivity contribution >= 4 is 5.78 Å². The van der Waals surface area contributed by atoms with Gasteiger partial charge in [0.15, 0.2) is 5.78 Å². The Bertz CT molecular complexity index is 350. The number of ether oxygens (including phenoxy) is 1. The van der Waals surface area contributed by atoms with Gasteiger partial charge in [0.25, 0.3) is 0 Å². The Kier molecular flexibility index (Phi) is 4.96. The molecule has 0 aliphatic carbocycles. The number of hydrogen-bond donors (Lipinski definition) is 0. The van der Waals surface area contributed by atoms with Gasteiger partial charge in [-0.3, -0.25) is 9.78 Å². The zero-order valence-electron chi connectivity index (χ0n) is 10.2. The summed E-state index contributed by atoms with van der Waals surface area (Å²) in [5, 5.41) is 0. The molecule has 88 valence electrons. The topological polar surface area (TPSA) is 39.2 Å². The number of aromatic nitrogens is 1. The summed E-state index contributed by atoms with van der Waals surface area (Å²) in [4.78, 5) is 16.0. The maximum Gasteiger partial charge on any atom is 0.167 e. The average Bonchev–Trinajstić information content (AvgIpc) is 2.29. The Balaban J connectivity index is 2.78. The number of Topliss-reactive ketones (excluding diaryl/α,β-unsaturated/α-hetero) is 1. The Hall–Kier alpha value is -1.38. The van der Waals surface area contributed by atoms with Gasteiger partial charge in [0.2, 0.25) is 0 Å². The molecule has 0 saturated carbocycles. The summed E-state index contributed by atoms with van der Waals surface area (Å²) in [6.45, 7) is 6.54. The van der Waals surface area contributed by atoms with Crippen LogP contribution in [-0.2, 0) is 0 Å². The van der Waals surface area contributed by atoms with Gasteiger partial charge in [-0.15, -0.1) is 0 Å². The van der Waals surface area contributed by atoms with Crippen LogP contribution in [0.2, 0.25) is 0 Å². The smallest absolute Gasteiger partial charge is 0.167 e. The van der Waals surface area contributed by atoms with E-state index in [1.54, 1.807) is 18.5 Å². The molecule has 0 spiro atoms. The largest absolute Gasteiger partial charge is 0.492 e. The fraction of sp³-hybridized carbons (Fsp3) is 0.538. The van der Waals surface area contributed by atoms with Crippen LogP contribution in [0.1, 0.15) is 44.0 Å². The molecular formula is C13H19NO2. The molecule has 1 rings (SSSR count). The third-order valence-electron chi connectivity index (χ3n) is 2.48. The maximum atomic E-state index is 12.0. The molecular weight excluding hydrogens is 202 g/mol. The highest BCUT2D eigenvalue weighted by atomic mass is 16.5. The van der Waals surface area contributed by atoms with Crippen molar-refractivity contribution < 1.29 is 9.53 Å². The molecule has 1 aromatic heterocycles. The van der Waals surface area contributed by atoms with Crippen molar-refractivity contribution in [3.63, 3.8) is 0 Å². The molecule has 0 saturated heterocycles. The first kappa shape index (κ1) is 12.7. The van der Waals surface area contributed by atoms with E-state index >= 15 is 0 Å². The summed E-state index contributed by atoms with van der Waals surface area (Å²) in [5.41, 5.74) is 0.645. The van der Waals surface area contributed by atoms with E-state index in [-0.39, 0.29) is 11.7 Å². The minimum Gasteiger partial charge on any atom is -0.492 e. The third kappa shape index (κ3) is 3.33. The van der Waals surface area contributed by atoms with Crippen LogP contribution >= 0.6 is 0 Å². The maximum absolute atomic E-state index is 12.0. The lowest BCUT2D eigenvalue weighted by Gasteiger charge is -2.09. The van der Waals surface area contributed by atoms with E-state index in [0.29, 0.717) is 17.9 Å². The SMILES string of the molecule is CCCC(C)C(=O)c1cncc(OCC)c1. The molecule has 0 radical (unpaired) electrons. The molecule has 1 atom stereocenters. The second-order valence-electron chi connectivity index (χ2n) is 3.90. The number of hydrogen-bond acceptors (Lipinski definition) is 3. The first-order chi connectivity index (χ1) is 7.69. The van der Waals surface area contributed by atoms with E-state index in [4.69, 9.17) is 4.74 Å². The lowest BCUT2D eigenvalue weighted by Crippen LogP contribution is -2.11. The van der Waals surface area contributed by atoms with Crippen molar-refractivity contribution in [2.45, 2.75) is 33.6 Å². The minimum atomic E-state index is 0.0590. The van der Waals surface area contributed by atoms with Crippen molar-refractivity contribution in [2.24, 2.45) is 5.92 Å². The Labute approximate surface area is 96.8 Å². The minimum absolute atomic E-state index is 0.0590. The fourth-order valence-corrected chi connectivity index (χ4v) is 1.65. The van der Waals surface area contributed by atoms with Gasteiger partial charge in [0, 0.05) is 17.7 Å². The Morgan fingerprint density at radius 1 is 1.44 bits per heavy atom. The molecule has 0 fully saturated rings. The molecule has 3 heteroatoms. The molecule has 1 aromatic rings. The van der Waals surface area contributed by atoms with Crippen molar-refractivity contribution in [3.8, 4) is 5.75 Å². The van der Waals surface area contributed by atoms with Crippen LogP contribution in [0.15, 0.2) is 18.5 Å². The lowest BCUT2D eigenvalue weighted by atomic mass is 9.96. The molecule has 0 aliphatic rings. The second kappa shape index (κ2) is 6.26. The second-order valence-corrected chi connectivity index (χ2v) is 3.90. The van der Waals surface area contributed by atoms with Crippen LogP contribution in [0.25, 0.3) is 0 Å². The number of nitrogens with zero attached hydrogens (tertiary/aromatic N) is 1. The van der Waals surface area contributed by atoms with Gasteiger partial charge in [0.05, 0.1) is 12.8 Å². The summed E-state index contributed by atoms with van der Waals surface area (Å²) < 4.78 is 5.32. The molecule has 1 heterocycles. The van der Waals surface area contributed by atoms with Crippen molar-refractivity contribution in [2.75, 3.05) is 6.61 Å². The standard InChI is InChI=1S/C13H19NO2/c1-4-6-10(3)13(15)11-7-12(16-5-2)9-14-8-11/h7-10H,4-6H2,1-3H3. The van der Waals surface area contributed by atoms with Gasteiger partial charge in [0.1, 0.15) is 5.75 Å². The van der Waals surface area contributed by atoms with Gasteiger partial charge < -0.3 is 4.74 Å². The summed E-state index contributed by atoms with van der Waals surface area (Å²) >= 11 is 0. The lowest BCUT2D eigenvalue weighted by molar-refractivity contribution is 0.0922. The predicted octanol–water partition coefficient (Wildman–Crippen LogP) is 3.10. The van der Waals surface area contributed by atoms with Crippen LogP contribution in [-0.4, -0.2) is 17.4 Å². The summed E-state index contributed by atoms with van der Waals surface area (Å²) in [5.74, 6) is 0.872. The monoisotopic (exact) mass is 221 g/mol. The molecule has 16 heavy (non-hydrogen) atoms. The number of carbonyl (C=O) groups excluding carboxylic acids is 1. The van der Waals surface area contributed by atoms with Crippen LogP contribution in [0.3, 0.4) is 0 Å². The quantitative estimate of drug-likeness (QED) is 0.693.